The van der Waals surface area contributed by atoms with Gasteiger partial charge in [-0.25, -0.2) is 0 Å². The van der Waals surface area contributed by atoms with E-state index in [1.807, 2.05) is 19.9 Å². The van der Waals surface area contributed by atoms with Gasteiger partial charge in [0.2, 0.25) is 0 Å². The minimum Gasteiger partial charge on any atom is -0.507 e. The van der Waals surface area contributed by atoms with Crippen molar-refractivity contribution in [2.45, 2.75) is 26.4 Å². The number of aliphatic hydroxyl groups excluding tert-OH is 1. The number of carbonyl (C=O) groups excluding carboxylic acids is 2. The highest BCUT2D eigenvalue weighted by Gasteiger charge is 2.47. The fraction of sp³-hybridized carbons (Fsp3) is 0.208. The second-order valence-electron chi connectivity index (χ2n) is 7.22. The molecule has 1 unspecified atom stereocenters. The number of hydrogen-bond donors (Lipinski definition) is 1. The van der Waals surface area contributed by atoms with Crippen LogP contribution in [0, 0.1) is 6.92 Å². The highest BCUT2D eigenvalue weighted by molar-refractivity contribution is 6.46. The molecule has 0 bridgehead atoms. The minimum absolute atomic E-state index is 0.00704. The summed E-state index contributed by atoms with van der Waals surface area (Å²) in [5.41, 5.74) is 1.99. The lowest BCUT2D eigenvalue weighted by Gasteiger charge is -2.23. The first-order valence-corrected chi connectivity index (χ1v) is 9.95. The van der Waals surface area contributed by atoms with Crippen LogP contribution >= 0.6 is 0 Å². The first-order chi connectivity index (χ1) is 15.0. The molecule has 1 aliphatic rings. The number of Topliss-reactive ketones (excluding diaryl/α,β-unsaturated/α-hetero) is 1. The molecule has 1 fully saturated rings. The van der Waals surface area contributed by atoms with Crippen LogP contribution in [0.5, 0.6) is 5.75 Å². The molecule has 0 aliphatic carbocycles. The molecular formula is C24H22N2O5. The van der Waals surface area contributed by atoms with Crippen molar-refractivity contribution in [2.75, 3.05) is 6.61 Å². The molecule has 3 heterocycles. The number of nitrogens with zero attached hydrogens (tertiary/aromatic N) is 2. The summed E-state index contributed by atoms with van der Waals surface area (Å²) in [5.74, 6) is -0.616. The molecule has 1 aromatic carbocycles. The largest absolute Gasteiger partial charge is 0.507 e. The molecule has 3 aromatic rings. The Hall–Kier alpha value is -3.87. The number of hydrogen-bond acceptors (Lipinski definition) is 6. The Bertz CT molecular complexity index is 1140. The molecule has 1 saturated heterocycles. The van der Waals surface area contributed by atoms with Gasteiger partial charge in [-0.1, -0.05) is 6.07 Å². The van der Waals surface area contributed by atoms with Gasteiger partial charge in [0.15, 0.2) is 0 Å². The molecule has 7 heteroatoms. The number of aryl methyl sites for hydroxylation is 1. The van der Waals surface area contributed by atoms with E-state index in [0.29, 0.717) is 23.7 Å². The van der Waals surface area contributed by atoms with Crippen LogP contribution in [0.15, 0.2) is 71.1 Å². The van der Waals surface area contributed by atoms with Crippen LogP contribution in [0.4, 0.5) is 0 Å². The topological polar surface area (TPSA) is 92.9 Å². The number of carbonyl (C=O) groups is 2. The van der Waals surface area contributed by atoms with E-state index in [0.717, 1.165) is 11.1 Å². The van der Waals surface area contributed by atoms with Crippen molar-refractivity contribution in [3.8, 4) is 5.75 Å². The maximum Gasteiger partial charge on any atom is 0.296 e. The number of pyridine rings is 1. The Labute approximate surface area is 179 Å². The van der Waals surface area contributed by atoms with Crippen molar-refractivity contribution in [1.29, 1.82) is 0 Å². The molecule has 4 rings (SSSR count). The van der Waals surface area contributed by atoms with E-state index in [-0.39, 0.29) is 17.9 Å². The van der Waals surface area contributed by atoms with E-state index in [1.165, 1.54) is 11.2 Å². The maximum absolute atomic E-state index is 13.0. The quantitative estimate of drug-likeness (QED) is 0.369. The average Bonchev–Trinajstić information content (AvgIpc) is 3.38. The molecular weight excluding hydrogens is 396 g/mol. The zero-order valence-corrected chi connectivity index (χ0v) is 17.2. The molecule has 31 heavy (non-hydrogen) atoms. The summed E-state index contributed by atoms with van der Waals surface area (Å²) in [4.78, 5) is 31.4. The molecule has 1 N–H and O–H groups in total. The third-order valence-electron chi connectivity index (χ3n) is 5.18. The molecule has 1 amide bonds. The van der Waals surface area contributed by atoms with Gasteiger partial charge < -0.3 is 19.2 Å². The number of furan rings is 1. The van der Waals surface area contributed by atoms with Gasteiger partial charge in [0.05, 0.1) is 18.4 Å². The summed E-state index contributed by atoms with van der Waals surface area (Å²) < 4.78 is 11.1. The maximum atomic E-state index is 13.0. The van der Waals surface area contributed by atoms with Crippen LogP contribution < -0.4 is 4.74 Å². The van der Waals surface area contributed by atoms with Gasteiger partial charge in [-0.05, 0) is 61.4 Å². The summed E-state index contributed by atoms with van der Waals surface area (Å²) in [6.45, 7) is 4.42. The zero-order chi connectivity index (χ0) is 22.0. The van der Waals surface area contributed by atoms with Gasteiger partial charge in [0.1, 0.15) is 23.3 Å². The molecule has 7 nitrogen and oxygen atoms in total. The second kappa shape index (κ2) is 8.47. The van der Waals surface area contributed by atoms with Gasteiger partial charge in [0.25, 0.3) is 11.7 Å². The number of likely N-dealkylation sites (tertiary alicyclic amines) is 1. The summed E-state index contributed by atoms with van der Waals surface area (Å²) in [7, 11) is 0. The Morgan fingerprint density at radius 3 is 2.71 bits per heavy atom. The van der Waals surface area contributed by atoms with Gasteiger partial charge in [-0.3, -0.25) is 14.6 Å². The first kappa shape index (κ1) is 20.4. The molecule has 1 aliphatic heterocycles. The summed E-state index contributed by atoms with van der Waals surface area (Å²) in [6.07, 6.45) is 4.74. The van der Waals surface area contributed by atoms with E-state index in [9.17, 15) is 14.7 Å². The predicted octanol–water partition coefficient (Wildman–Crippen LogP) is 4.00. The van der Waals surface area contributed by atoms with Crippen LogP contribution in [-0.4, -0.2) is 33.3 Å². The Morgan fingerprint density at radius 1 is 1.23 bits per heavy atom. The average molecular weight is 418 g/mol. The highest BCUT2D eigenvalue weighted by atomic mass is 16.5. The molecule has 0 spiro atoms. The first-order valence-electron chi connectivity index (χ1n) is 9.95. The Morgan fingerprint density at radius 2 is 2.06 bits per heavy atom. The van der Waals surface area contributed by atoms with Gasteiger partial charge >= 0.3 is 0 Å². The van der Waals surface area contributed by atoms with E-state index < -0.39 is 17.7 Å². The fourth-order valence-electron chi connectivity index (χ4n) is 3.74. The Balaban J connectivity index is 1.80. The third-order valence-corrected chi connectivity index (χ3v) is 5.18. The standard InChI is InChI=1S/C24H22N2O5/c1-3-30-18-9-8-17(12-15(18)2)22(27)20-21(19-7-5-11-31-19)26(24(29)23(20)28)14-16-6-4-10-25-13-16/h4-13,21,27H,3,14H2,1-2H3/b22-20-. The SMILES string of the molecule is CCOc1ccc(/C(O)=C2/C(=O)C(=O)N(Cc3cccnc3)C2c2ccco2)cc1C. The number of benzene rings is 1. The van der Waals surface area contributed by atoms with Gasteiger partial charge in [0, 0.05) is 24.5 Å². The van der Waals surface area contributed by atoms with Crippen LogP contribution in [0.3, 0.4) is 0 Å². The Kier molecular flexibility index (Phi) is 5.58. The second-order valence-corrected chi connectivity index (χ2v) is 7.22. The summed E-state index contributed by atoms with van der Waals surface area (Å²) >= 11 is 0. The molecule has 0 saturated carbocycles. The predicted molar refractivity (Wildman–Crippen MR) is 113 cm³/mol. The van der Waals surface area contributed by atoms with E-state index in [2.05, 4.69) is 4.98 Å². The monoisotopic (exact) mass is 418 g/mol. The highest BCUT2D eigenvalue weighted by Crippen LogP contribution is 2.40. The molecule has 158 valence electrons. The van der Waals surface area contributed by atoms with Crippen molar-refractivity contribution < 1.29 is 23.8 Å². The van der Waals surface area contributed by atoms with Gasteiger partial charge in [-0.15, -0.1) is 0 Å². The van der Waals surface area contributed by atoms with Gasteiger partial charge in [-0.2, -0.15) is 0 Å². The van der Waals surface area contributed by atoms with Crippen molar-refractivity contribution >= 4 is 17.4 Å². The number of aliphatic hydroxyl groups is 1. The van der Waals surface area contributed by atoms with E-state index in [1.54, 1.807) is 48.8 Å². The summed E-state index contributed by atoms with van der Waals surface area (Å²) in [6, 6.07) is 11.2. The number of aromatic nitrogens is 1. The lowest BCUT2D eigenvalue weighted by molar-refractivity contribution is -0.140. The van der Waals surface area contributed by atoms with Crippen LogP contribution in [0.2, 0.25) is 0 Å². The number of ether oxygens (including phenoxy) is 1. The van der Waals surface area contributed by atoms with E-state index >= 15 is 0 Å². The van der Waals surface area contributed by atoms with E-state index in [4.69, 9.17) is 9.15 Å². The number of ketones is 1. The zero-order valence-electron chi connectivity index (χ0n) is 17.2. The molecule has 2 aromatic heterocycles. The van der Waals surface area contributed by atoms with Crippen molar-refractivity contribution in [3.63, 3.8) is 0 Å². The summed E-state index contributed by atoms with van der Waals surface area (Å²) in [5, 5.41) is 11.1. The van der Waals surface area contributed by atoms with Crippen LogP contribution in [0.1, 0.15) is 35.4 Å². The van der Waals surface area contributed by atoms with Crippen molar-refractivity contribution in [3.05, 3.63) is 89.1 Å². The van der Waals surface area contributed by atoms with Crippen LogP contribution in [0.25, 0.3) is 5.76 Å². The smallest absolute Gasteiger partial charge is 0.296 e. The van der Waals surface area contributed by atoms with Crippen molar-refractivity contribution in [2.24, 2.45) is 0 Å². The van der Waals surface area contributed by atoms with Crippen molar-refractivity contribution in [1.82, 2.24) is 9.88 Å². The van der Waals surface area contributed by atoms with Crippen LogP contribution in [-0.2, 0) is 16.1 Å². The fourth-order valence-corrected chi connectivity index (χ4v) is 3.74. The number of rotatable bonds is 6. The number of amides is 1. The third kappa shape index (κ3) is 3.82. The molecule has 1 atom stereocenters. The normalized spacial score (nSPS) is 17.9. The lowest BCUT2D eigenvalue weighted by Crippen LogP contribution is -2.29. The lowest BCUT2D eigenvalue weighted by atomic mass is 9.98. The molecule has 0 radical (unpaired) electrons. The minimum atomic E-state index is -0.845.